The van der Waals surface area contributed by atoms with Crippen LogP contribution in [-0.2, 0) is 4.74 Å². The van der Waals surface area contributed by atoms with Crippen molar-refractivity contribution in [2.24, 2.45) is 5.92 Å². The summed E-state index contributed by atoms with van der Waals surface area (Å²) in [6, 6.07) is 5.57. The first-order chi connectivity index (χ1) is 9.49. The highest BCUT2D eigenvalue weighted by atomic mass is 79.9. The molecule has 4 nitrogen and oxygen atoms in total. The molecule has 0 fully saturated rings. The summed E-state index contributed by atoms with van der Waals surface area (Å²) >= 11 is 3.40. The zero-order chi connectivity index (χ0) is 15.0. The van der Waals surface area contributed by atoms with Gasteiger partial charge in [-0.05, 0) is 43.0 Å². The van der Waals surface area contributed by atoms with E-state index in [1.165, 1.54) is 0 Å². The highest BCUT2D eigenvalue weighted by Crippen LogP contribution is 2.19. The number of aryl methyl sites for hydroxylation is 1. The Hall–Kier alpha value is -1.07. The third-order valence-electron chi connectivity index (χ3n) is 2.64. The van der Waals surface area contributed by atoms with E-state index >= 15 is 0 Å². The zero-order valence-corrected chi connectivity index (χ0v) is 13.9. The van der Waals surface area contributed by atoms with Gasteiger partial charge in [0.1, 0.15) is 0 Å². The Labute approximate surface area is 129 Å². The Morgan fingerprint density at radius 2 is 2.15 bits per heavy atom. The highest BCUT2D eigenvalue weighted by molar-refractivity contribution is 9.10. The molecule has 2 N–H and O–H groups in total. The second-order valence-electron chi connectivity index (χ2n) is 5.16. The van der Waals surface area contributed by atoms with E-state index in [1.54, 1.807) is 0 Å². The number of halogens is 1. The van der Waals surface area contributed by atoms with Gasteiger partial charge in [0.25, 0.3) is 0 Å². The van der Waals surface area contributed by atoms with Crippen LogP contribution in [0.25, 0.3) is 0 Å². The van der Waals surface area contributed by atoms with E-state index in [4.69, 9.17) is 4.74 Å². The summed E-state index contributed by atoms with van der Waals surface area (Å²) in [6.07, 6.45) is 0.819. The predicted molar refractivity (Wildman–Crippen MR) is 86.2 cm³/mol. The number of urea groups is 1. The number of hydrogen-bond acceptors (Lipinski definition) is 2. The van der Waals surface area contributed by atoms with Gasteiger partial charge >= 0.3 is 6.03 Å². The molecule has 1 aromatic rings. The van der Waals surface area contributed by atoms with Crippen LogP contribution in [0.2, 0.25) is 0 Å². The predicted octanol–water partition coefficient (Wildman–Crippen LogP) is 3.94. The standard InChI is InChI=1S/C15H23BrN2O2/c1-11(2)10-20-8-4-7-17-15(19)18-14-6-5-13(16)9-12(14)3/h5-6,9,11H,4,7-8,10H2,1-3H3,(H2,17,18,19). The van der Waals surface area contributed by atoms with Crippen LogP contribution in [0.3, 0.4) is 0 Å². The number of nitrogens with one attached hydrogen (secondary N) is 2. The molecule has 112 valence electrons. The van der Waals surface area contributed by atoms with Gasteiger partial charge in [-0.25, -0.2) is 4.79 Å². The molecule has 20 heavy (non-hydrogen) atoms. The molecule has 0 bridgehead atoms. The molecule has 0 saturated heterocycles. The quantitative estimate of drug-likeness (QED) is 0.737. The lowest BCUT2D eigenvalue weighted by atomic mass is 10.2. The lowest BCUT2D eigenvalue weighted by molar-refractivity contribution is 0.108. The molecule has 0 heterocycles. The molecule has 0 spiro atoms. The molecule has 5 heteroatoms. The maximum absolute atomic E-state index is 11.7. The van der Waals surface area contributed by atoms with Gasteiger partial charge in [0, 0.05) is 29.9 Å². The van der Waals surface area contributed by atoms with Crippen molar-refractivity contribution in [2.45, 2.75) is 27.2 Å². The fourth-order valence-corrected chi connectivity index (χ4v) is 2.10. The molecule has 0 aliphatic carbocycles. The molecule has 0 aliphatic rings. The third-order valence-corrected chi connectivity index (χ3v) is 3.13. The molecule has 0 saturated carbocycles. The van der Waals surface area contributed by atoms with Crippen LogP contribution < -0.4 is 10.6 Å². The molecule has 0 unspecified atom stereocenters. The van der Waals surface area contributed by atoms with Crippen molar-refractivity contribution in [3.63, 3.8) is 0 Å². The van der Waals surface area contributed by atoms with Crippen LogP contribution in [0.4, 0.5) is 10.5 Å². The first-order valence-electron chi connectivity index (χ1n) is 6.87. The highest BCUT2D eigenvalue weighted by Gasteiger charge is 2.04. The zero-order valence-electron chi connectivity index (χ0n) is 12.3. The van der Waals surface area contributed by atoms with Gasteiger partial charge in [-0.3, -0.25) is 0 Å². The molecule has 0 atom stereocenters. The minimum absolute atomic E-state index is 0.181. The largest absolute Gasteiger partial charge is 0.381 e. The van der Waals surface area contributed by atoms with E-state index in [0.29, 0.717) is 19.1 Å². The number of ether oxygens (including phenoxy) is 1. The number of amides is 2. The summed E-state index contributed by atoms with van der Waals surface area (Å²) in [6.45, 7) is 8.25. The maximum Gasteiger partial charge on any atom is 0.319 e. The number of carbonyl (C=O) groups is 1. The minimum Gasteiger partial charge on any atom is -0.381 e. The fraction of sp³-hybridized carbons (Fsp3) is 0.533. The van der Waals surface area contributed by atoms with Crippen molar-refractivity contribution in [3.05, 3.63) is 28.2 Å². The summed E-state index contributed by atoms with van der Waals surface area (Å²) in [5.74, 6) is 0.548. The van der Waals surface area contributed by atoms with E-state index < -0.39 is 0 Å². The van der Waals surface area contributed by atoms with Gasteiger partial charge in [0.2, 0.25) is 0 Å². The molecule has 0 radical (unpaired) electrons. The molecule has 1 rings (SSSR count). The molecular formula is C15H23BrN2O2. The monoisotopic (exact) mass is 342 g/mol. The normalized spacial score (nSPS) is 10.7. The molecule has 1 aromatic carbocycles. The number of benzene rings is 1. The van der Waals surface area contributed by atoms with Crippen LogP contribution in [0.15, 0.2) is 22.7 Å². The van der Waals surface area contributed by atoms with E-state index in [0.717, 1.165) is 28.8 Å². The van der Waals surface area contributed by atoms with Gasteiger partial charge in [0.15, 0.2) is 0 Å². The second kappa shape index (κ2) is 8.97. The van der Waals surface area contributed by atoms with Crippen LogP contribution in [0.1, 0.15) is 25.8 Å². The number of anilines is 1. The Morgan fingerprint density at radius 1 is 1.40 bits per heavy atom. The number of hydrogen-bond donors (Lipinski definition) is 2. The summed E-state index contributed by atoms with van der Waals surface area (Å²) in [7, 11) is 0. The Bertz CT molecular complexity index is 436. The fourth-order valence-electron chi connectivity index (χ4n) is 1.63. The second-order valence-corrected chi connectivity index (χ2v) is 6.08. The Morgan fingerprint density at radius 3 is 2.80 bits per heavy atom. The topological polar surface area (TPSA) is 50.4 Å². The van der Waals surface area contributed by atoms with E-state index in [2.05, 4.69) is 40.4 Å². The molecule has 2 amide bonds. The Balaban J connectivity index is 2.20. The Kier molecular flexibility index (Phi) is 7.62. The summed E-state index contributed by atoms with van der Waals surface area (Å²) in [4.78, 5) is 11.7. The number of carbonyl (C=O) groups excluding carboxylic acids is 1. The van der Waals surface area contributed by atoms with Crippen molar-refractivity contribution < 1.29 is 9.53 Å². The van der Waals surface area contributed by atoms with Crippen molar-refractivity contribution in [1.29, 1.82) is 0 Å². The molecule has 0 aromatic heterocycles. The van der Waals surface area contributed by atoms with Gasteiger partial charge in [-0.2, -0.15) is 0 Å². The van der Waals surface area contributed by atoms with Crippen LogP contribution in [-0.4, -0.2) is 25.8 Å². The summed E-state index contributed by atoms with van der Waals surface area (Å²) < 4.78 is 6.45. The smallest absolute Gasteiger partial charge is 0.319 e. The average molecular weight is 343 g/mol. The van der Waals surface area contributed by atoms with Gasteiger partial charge in [-0.1, -0.05) is 29.8 Å². The average Bonchev–Trinajstić information content (AvgIpc) is 2.36. The van der Waals surface area contributed by atoms with Gasteiger partial charge in [0.05, 0.1) is 0 Å². The van der Waals surface area contributed by atoms with Gasteiger partial charge in [-0.15, -0.1) is 0 Å². The van der Waals surface area contributed by atoms with Crippen molar-refractivity contribution in [2.75, 3.05) is 25.1 Å². The van der Waals surface area contributed by atoms with Crippen LogP contribution in [0.5, 0.6) is 0 Å². The summed E-state index contributed by atoms with van der Waals surface area (Å²) in [5.41, 5.74) is 1.84. The van der Waals surface area contributed by atoms with Crippen LogP contribution >= 0.6 is 15.9 Å². The first kappa shape index (κ1) is 17.0. The van der Waals surface area contributed by atoms with Crippen molar-refractivity contribution >= 4 is 27.6 Å². The first-order valence-corrected chi connectivity index (χ1v) is 7.67. The van der Waals surface area contributed by atoms with Crippen LogP contribution in [0, 0.1) is 12.8 Å². The lowest BCUT2D eigenvalue weighted by Crippen LogP contribution is -2.30. The van der Waals surface area contributed by atoms with E-state index in [1.807, 2.05) is 25.1 Å². The lowest BCUT2D eigenvalue weighted by Gasteiger charge is -2.10. The SMILES string of the molecule is Cc1cc(Br)ccc1NC(=O)NCCCOCC(C)C. The van der Waals surface area contributed by atoms with Crippen molar-refractivity contribution in [1.82, 2.24) is 5.32 Å². The number of rotatable bonds is 7. The van der Waals surface area contributed by atoms with Crippen molar-refractivity contribution in [3.8, 4) is 0 Å². The molecule has 0 aliphatic heterocycles. The third kappa shape index (κ3) is 6.91. The van der Waals surface area contributed by atoms with E-state index in [9.17, 15) is 4.79 Å². The summed E-state index contributed by atoms with van der Waals surface area (Å²) in [5, 5.41) is 5.65. The van der Waals surface area contributed by atoms with E-state index in [-0.39, 0.29) is 6.03 Å². The van der Waals surface area contributed by atoms with Gasteiger partial charge < -0.3 is 15.4 Å². The maximum atomic E-state index is 11.7. The minimum atomic E-state index is -0.181. The molecular weight excluding hydrogens is 320 g/mol.